The number of anilines is 1. The Hall–Kier alpha value is -2.28. The number of hydrogen-bond acceptors (Lipinski definition) is 3. The zero-order valence-electron chi connectivity index (χ0n) is 15.6. The number of benzene rings is 1. The lowest BCUT2D eigenvalue weighted by Crippen LogP contribution is -2.52. The molecular weight excluding hydrogens is 370 g/mol. The molecule has 1 unspecified atom stereocenters. The van der Waals surface area contributed by atoms with E-state index in [1.54, 1.807) is 24.3 Å². The van der Waals surface area contributed by atoms with E-state index in [9.17, 15) is 19.5 Å². The largest absolute Gasteiger partial charge is 0.480 e. The summed E-state index contributed by atoms with van der Waals surface area (Å²) in [7, 11) is 0. The molecule has 2 atom stereocenters. The van der Waals surface area contributed by atoms with E-state index in [0.29, 0.717) is 36.5 Å². The third kappa shape index (κ3) is 6.43. The molecule has 1 heterocycles. The molecule has 0 spiro atoms. The summed E-state index contributed by atoms with van der Waals surface area (Å²) in [5.74, 6) is -1.41. The van der Waals surface area contributed by atoms with Crippen LogP contribution in [0.3, 0.4) is 0 Å². The number of urea groups is 1. The van der Waals surface area contributed by atoms with Crippen LogP contribution in [0.2, 0.25) is 5.02 Å². The van der Waals surface area contributed by atoms with Crippen LogP contribution < -0.4 is 10.6 Å². The molecule has 0 bridgehead atoms. The summed E-state index contributed by atoms with van der Waals surface area (Å²) in [5, 5.41) is 15.3. The van der Waals surface area contributed by atoms with E-state index < -0.39 is 18.0 Å². The van der Waals surface area contributed by atoms with Crippen LogP contribution in [0.25, 0.3) is 0 Å². The molecule has 0 aliphatic carbocycles. The molecule has 2 rings (SSSR count). The maximum absolute atomic E-state index is 12.5. The number of carbonyl (C=O) groups is 3. The van der Waals surface area contributed by atoms with Gasteiger partial charge < -0.3 is 20.6 Å². The van der Waals surface area contributed by atoms with Crippen molar-refractivity contribution in [1.29, 1.82) is 0 Å². The van der Waals surface area contributed by atoms with Crippen molar-refractivity contribution in [2.75, 3.05) is 18.4 Å². The fourth-order valence-corrected chi connectivity index (χ4v) is 3.21. The molecule has 0 radical (unpaired) electrons. The third-order valence-electron chi connectivity index (χ3n) is 4.49. The summed E-state index contributed by atoms with van der Waals surface area (Å²) in [6, 6.07) is 5.46. The minimum atomic E-state index is -1.05. The first-order valence-electron chi connectivity index (χ1n) is 9.11. The van der Waals surface area contributed by atoms with E-state index in [1.807, 2.05) is 13.8 Å². The minimum Gasteiger partial charge on any atom is -0.480 e. The number of nitrogens with zero attached hydrogens (tertiary/aromatic N) is 1. The van der Waals surface area contributed by atoms with Gasteiger partial charge in [-0.3, -0.25) is 4.79 Å². The summed E-state index contributed by atoms with van der Waals surface area (Å²) >= 11 is 5.84. The number of piperidine rings is 1. The number of aliphatic carboxylic acids is 1. The predicted octanol–water partition coefficient (Wildman–Crippen LogP) is 3.20. The molecule has 0 saturated carbocycles. The maximum atomic E-state index is 12.5. The molecule has 1 aliphatic rings. The summed E-state index contributed by atoms with van der Waals surface area (Å²) < 4.78 is 0. The summed E-state index contributed by atoms with van der Waals surface area (Å²) in [5.41, 5.74) is 0.647. The van der Waals surface area contributed by atoms with Crippen LogP contribution in [-0.2, 0) is 9.59 Å². The average Bonchev–Trinajstić information content (AvgIpc) is 2.62. The highest BCUT2D eigenvalue weighted by Crippen LogP contribution is 2.20. The van der Waals surface area contributed by atoms with Crippen molar-refractivity contribution >= 4 is 35.2 Å². The minimum absolute atomic E-state index is 0.144. The number of carboxylic acids is 1. The monoisotopic (exact) mass is 395 g/mol. The van der Waals surface area contributed by atoms with Gasteiger partial charge in [0.15, 0.2) is 0 Å². The molecular formula is C19H26ClN3O4. The van der Waals surface area contributed by atoms with Crippen molar-refractivity contribution in [3.8, 4) is 0 Å². The van der Waals surface area contributed by atoms with Crippen molar-refractivity contribution in [2.24, 2.45) is 11.8 Å². The standard InChI is InChI=1S/C19H26ClN3O4/c1-12(2)10-16(18(25)26)22-19(27)23-9-3-4-13(11-23)17(24)21-15-7-5-14(20)6-8-15/h5-8,12-13,16H,3-4,9-11H2,1-2H3,(H,21,24)(H,22,27)(H,25,26)/t13?,16-/m0/s1. The molecule has 1 aromatic rings. The van der Waals surface area contributed by atoms with Gasteiger partial charge in [-0.15, -0.1) is 0 Å². The van der Waals surface area contributed by atoms with Gasteiger partial charge >= 0.3 is 12.0 Å². The summed E-state index contributed by atoms with van der Waals surface area (Å²) in [6.45, 7) is 4.57. The molecule has 3 N–H and O–H groups in total. The highest BCUT2D eigenvalue weighted by molar-refractivity contribution is 6.30. The third-order valence-corrected chi connectivity index (χ3v) is 4.75. The van der Waals surface area contributed by atoms with Gasteiger partial charge in [0.25, 0.3) is 0 Å². The zero-order valence-corrected chi connectivity index (χ0v) is 16.3. The van der Waals surface area contributed by atoms with Crippen LogP contribution >= 0.6 is 11.6 Å². The molecule has 1 saturated heterocycles. The van der Waals surface area contributed by atoms with Crippen LogP contribution in [0, 0.1) is 11.8 Å². The van der Waals surface area contributed by atoms with Gasteiger partial charge in [0.1, 0.15) is 6.04 Å². The lowest BCUT2D eigenvalue weighted by Gasteiger charge is -2.33. The molecule has 8 heteroatoms. The summed E-state index contributed by atoms with van der Waals surface area (Å²) in [6.07, 6.45) is 1.72. The van der Waals surface area contributed by atoms with E-state index in [0.717, 1.165) is 0 Å². The Kier molecular flexibility index (Phi) is 7.47. The average molecular weight is 396 g/mol. The number of carboxylic acid groups (broad SMARTS) is 1. The molecule has 1 aliphatic heterocycles. The van der Waals surface area contributed by atoms with Crippen molar-refractivity contribution in [3.05, 3.63) is 29.3 Å². The lowest BCUT2D eigenvalue weighted by molar-refractivity contribution is -0.139. The van der Waals surface area contributed by atoms with Crippen LogP contribution in [-0.4, -0.2) is 47.0 Å². The second-order valence-corrected chi connectivity index (χ2v) is 7.69. The predicted molar refractivity (Wildman–Crippen MR) is 104 cm³/mol. The second-order valence-electron chi connectivity index (χ2n) is 7.25. The molecule has 7 nitrogen and oxygen atoms in total. The fourth-order valence-electron chi connectivity index (χ4n) is 3.09. The van der Waals surface area contributed by atoms with E-state index in [1.165, 1.54) is 4.90 Å². The quantitative estimate of drug-likeness (QED) is 0.688. The lowest BCUT2D eigenvalue weighted by atomic mass is 9.97. The van der Waals surface area contributed by atoms with Gasteiger partial charge in [-0.05, 0) is 49.4 Å². The number of likely N-dealkylation sites (tertiary alicyclic amines) is 1. The smallest absolute Gasteiger partial charge is 0.326 e. The van der Waals surface area contributed by atoms with E-state index >= 15 is 0 Å². The second kappa shape index (κ2) is 9.60. The number of carbonyl (C=O) groups excluding carboxylic acids is 2. The summed E-state index contributed by atoms with van der Waals surface area (Å²) in [4.78, 5) is 37.8. The van der Waals surface area contributed by atoms with Gasteiger partial charge in [-0.1, -0.05) is 25.4 Å². The number of halogens is 1. The van der Waals surface area contributed by atoms with E-state index in [4.69, 9.17) is 11.6 Å². The Bertz CT molecular complexity index is 678. The maximum Gasteiger partial charge on any atom is 0.326 e. The molecule has 0 aromatic heterocycles. The van der Waals surface area contributed by atoms with E-state index in [-0.39, 0.29) is 24.3 Å². The SMILES string of the molecule is CC(C)C[C@H](NC(=O)N1CCCC(C(=O)Nc2ccc(Cl)cc2)C1)C(=O)O. The fraction of sp³-hybridized carbons (Fsp3) is 0.526. The normalized spacial score (nSPS) is 18.1. The van der Waals surface area contributed by atoms with Crippen LogP contribution in [0.15, 0.2) is 24.3 Å². The van der Waals surface area contributed by atoms with Gasteiger partial charge in [0.2, 0.25) is 5.91 Å². The Morgan fingerprint density at radius 2 is 1.93 bits per heavy atom. The Morgan fingerprint density at radius 1 is 1.26 bits per heavy atom. The topological polar surface area (TPSA) is 98.7 Å². The number of amides is 3. The first-order chi connectivity index (χ1) is 12.8. The molecule has 3 amide bonds. The zero-order chi connectivity index (χ0) is 20.0. The van der Waals surface area contributed by atoms with Crippen molar-refractivity contribution in [3.63, 3.8) is 0 Å². The number of rotatable bonds is 6. The van der Waals surface area contributed by atoms with Gasteiger partial charge in [0, 0.05) is 23.8 Å². The molecule has 1 fully saturated rings. The molecule has 27 heavy (non-hydrogen) atoms. The molecule has 1 aromatic carbocycles. The van der Waals surface area contributed by atoms with Gasteiger partial charge in [-0.25, -0.2) is 9.59 Å². The highest BCUT2D eigenvalue weighted by atomic mass is 35.5. The van der Waals surface area contributed by atoms with Gasteiger partial charge in [0.05, 0.1) is 5.92 Å². The Labute approximate surface area is 164 Å². The Balaban J connectivity index is 1.93. The number of nitrogens with one attached hydrogen (secondary N) is 2. The first-order valence-corrected chi connectivity index (χ1v) is 9.48. The highest BCUT2D eigenvalue weighted by Gasteiger charge is 2.30. The van der Waals surface area contributed by atoms with Crippen molar-refractivity contribution in [2.45, 2.75) is 39.2 Å². The van der Waals surface area contributed by atoms with Gasteiger partial charge in [-0.2, -0.15) is 0 Å². The first kappa shape index (κ1) is 21.0. The number of hydrogen-bond donors (Lipinski definition) is 3. The van der Waals surface area contributed by atoms with E-state index in [2.05, 4.69) is 10.6 Å². The van der Waals surface area contributed by atoms with Crippen LogP contribution in [0.4, 0.5) is 10.5 Å². The van der Waals surface area contributed by atoms with Crippen molar-refractivity contribution < 1.29 is 19.5 Å². The Morgan fingerprint density at radius 3 is 2.52 bits per heavy atom. The van der Waals surface area contributed by atoms with Crippen molar-refractivity contribution in [1.82, 2.24) is 10.2 Å². The molecule has 148 valence electrons. The van der Waals surface area contributed by atoms with Crippen LogP contribution in [0.1, 0.15) is 33.1 Å². The van der Waals surface area contributed by atoms with Crippen LogP contribution in [0.5, 0.6) is 0 Å².